The Morgan fingerprint density at radius 3 is 2.96 bits per heavy atom. The summed E-state index contributed by atoms with van der Waals surface area (Å²) in [4.78, 5) is 16.5. The Balaban J connectivity index is 1.93. The normalized spacial score (nSPS) is 14.2. The van der Waals surface area contributed by atoms with Crippen molar-refractivity contribution in [3.05, 3.63) is 45.9 Å². The number of nitrogens with zero attached hydrogens (tertiary/aromatic N) is 1. The zero-order valence-corrected chi connectivity index (χ0v) is 14.7. The van der Waals surface area contributed by atoms with Crippen molar-refractivity contribution in [3.63, 3.8) is 0 Å². The molecule has 3 rings (SSSR count). The van der Waals surface area contributed by atoms with E-state index < -0.39 is 0 Å². The van der Waals surface area contributed by atoms with Gasteiger partial charge in [0.2, 0.25) is 0 Å². The molecule has 124 valence electrons. The van der Waals surface area contributed by atoms with Crippen LogP contribution in [0.25, 0.3) is 0 Å². The summed E-state index contributed by atoms with van der Waals surface area (Å²) in [5, 5.41) is 10.2. The van der Waals surface area contributed by atoms with Crippen LogP contribution >= 0.6 is 15.9 Å². The minimum Gasteiger partial charge on any atom is -0.504 e. The van der Waals surface area contributed by atoms with E-state index in [9.17, 15) is 9.90 Å². The standard InChI is InChI=1S/C18H16BrNO4/c1-23-17-8-12(19)7-11(18(17)22)10-20-13-4-5-16-14(9-13)15(21)3-2-6-24-16/h4-5,7-10,22H,2-3,6H2,1H3. The van der Waals surface area contributed by atoms with Gasteiger partial charge in [-0.15, -0.1) is 0 Å². The van der Waals surface area contributed by atoms with Crippen LogP contribution in [0.15, 0.2) is 39.8 Å². The number of aromatic hydroxyl groups is 1. The molecular weight excluding hydrogens is 374 g/mol. The monoisotopic (exact) mass is 389 g/mol. The second-order valence-corrected chi connectivity index (χ2v) is 6.28. The van der Waals surface area contributed by atoms with Crippen molar-refractivity contribution in [2.45, 2.75) is 12.8 Å². The number of halogens is 1. The van der Waals surface area contributed by atoms with Gasteiger partial charge in [-0.1, -0.05) is 15.9 Å². The van der Waals surface area contributed by atoms with Gasteiger partial charge >= 0.3 is 0 Å². The summed E-state index contributed by atoms with van der Waals surface area (Å²) in [5.74, 6) is 1.03. The summed E-state index contributed by atoms with van der Waals surface area (Å²) in [7, 11) is 1.49. The molecule has 1 N–H and O–H groups in total. The highest BCUT2D eigenvalue weighted by molar-refractivity contribution is 9.10. The Morgan fingerprint density at radius 1 is 1.33 bits per heavy atom. The van der Waals surface area contributed by atoms with E-state index in [-0.39, 0.29) is 11.5 Å². The van der Waals surface area contributed by atoms with E-state index in [1.165, 1.54) is 13.3 Å². The number of methoxy groups -OCH3 is 1. The van der Waals surface area contributed by atoms with Crippen LogP contribution in [0.2, 0.25) is 0 Å². The summed E-state index contributed by atoms with van der Waals surface area (Å²) in [6.45, 7) is 0.549. The number of ether oxygens (including phenoxy) is 2. The smallest absolute Gasteiger partial charge is 0.166 e. The lowest BCUT2D eigenvalue weighted by Crippen LogP contribution is -1.97. The molecule has 0 aliphatic carbocycles. The van der Waals surface area contributed by atoms with Gasteiger partial charge < -0.3 is 14.6 Å². The number of ketones is 1. The van der Waals surface area contributed by atoms with Crippen molar-refractivity contribution >= 4 is 33.6 Å². The van der Waals surface area contributed by atoms with Crippen LogP contribution in [-0.2, 0) is 0 Å². The maximum atomic E-state index is 12.1. The van der Waals surface area contributed by atoms with Crippen molar-refractivity contribution in [2.24, 2.45) is 4.99 Å². The highest BCUT2D eigenvalue weighted by Gasteiger charge is 2.17. The SMILES string of the molecule is COc1cc(Br)cc(C=Nc2ccc3c(c2)C(=O)CCCO3)c1O. The van der Waals surface area contributed by atoms with E-state index in [1.54, 1.807) is 30.3 Å². The van der Waals surface area contributed by atoms with Crippen LogP contribution < -0.4 is 9.47 Å². The summed E-state index contributed by atoms with van der Waals surface area (Å²) in [6, 6.07) is 8.66. The molecule has 2 aromatic rings. The third-order valence-electron chi connectivity index (χ3n) is 3.71. The summed E-state index contributed by atoms with van der Waals surface area (Å²) in [5.41, 5.74) is 1.68. The van der Waals surface area contributed by atoms with E-state index in [0.717, 1.165) is 10.9 Å². The lowest BCUT2D eigenvalue weighted by molar-refractivity contribution is 0.0983. The number of hydrogen-bond donors (Lipinski definition) is 1. The van der Waals surface area contributed by atoms with E-state index in [1.807, 2.05) is 0 Å². The largest absolute Gasteiger partial charge is 0.504 e. The molecule has 0 saturated carbocycles. The Bertz CT molecular complexity index is 817. The average molecular weight is 390 g/mol. The first-order valence-electron chi connectivity index (χ1n) is 7.49. The maximum Gasteiger partial charge on any atom is 0.166 e. The molecule has 0 fully saturated rings. The third-order valence-corrected chi connectivity index (χ3v) is 4.17. The summed E-state index contributed by atoms with van der Waals surface area (Å²) < 4.78 is 11.5. The third kappa shape index (κ3) is 3.43. The Hall–Kier alpha value is -2.34. The second-order valence-electron chi connectivity index (χ2n) is 5.36. The van der Waals surface area contributed by atoms with Gasteiger partial charge in [0.15, 0.2) is 17.3 Å². The Morgan fingerprint density at radius 2 is 2.17 bits per heavy atom. The number of aliphatic imine (C=N–C) groups is 1. The number of phenols is 1. The predicted octanol–water partition coefficient (Wildman–Crippen LogP) is 4.27. The molecular formula is C18H16BrNO4. The molecule has 0 unspecified atom stereocenters. The number of hydrogen-bond acceptors (Lipinski definition) is 5. The molecule has 1 heterocycles. The molecule has 0 spiro atoms. The summed E-state index contributed by atoms with van der Waals surface area (Å²) in [6.07, 6.45) is 2.73. The fraction of sp³-hybridized carbons (Fsp3) is 0.222. The second kappa shape index (κ2) is 7.05. The lowest BCUT2D eigenvalue weighted by atomic mass is 10.1. The van der Waals surface area contributed by atoms with Gasteiger partial charge in [-0.2, -0.15) is 0 Å². The lowest BCUT2D eigenvalue weighted by Gasteiger charge is -2.08. The predicted molar refractivity (Wildman–Crippen MR) is 95.1 cm³/mol. The quantitative estimate of drug-likeness (QED) is 0.795. The molecule has 0 radical (unpaired) electrons. The topological polar surface area (TPSA) is 68.1 Å². The average Bonchev–Trinajstić information content (AvgIpc) is 2.77. The van der Waals surface area contributed by atoms with Crippen molar-refractivity contribution in [1.82, 2.24) is 0 Å². The van der Waals surface area contributed by atoms with Gasteiger partial charge in [0, 0.05) is 22.7 Å². The first-order chi connectivity index (χ1) is 11.6. The van der Waals surface area contributed by atoms with Crippen molar-refractivity contribution in [2.75, 3.05) is 13.7 Å². The van der Waals surface area contributed by atoms with E-state index in [4.69, 9.17) is 9.47 Å². The zero-order valence-electron chi connectivity index (χ0n) is 13.1. The van der Waals surface area contributed by atoms with Crippen LogP contribution in [0.5, 0.6) is 17.2 Å². The van der Waals surface area contributed by atoms with Crippen LogP contribution in [0.1, 0.15) is 28.8 Å². The summed E-state index contributed by atoms with van der Waals surface area (Å²) >= 11 is 3.37. The minimum atomic E-state index is 0.0126. The van der Waals surface area contributed by atoms with Gasteiger partial charge in [-0.25, -0.2) is 0 Å². The van der Waals surface area contributed by atoms with Crippen LogP contribution in [0.3, 0.4) is 0 Å². The van der Waals surface area contributed by atoms with Crippen molar-refractivity contribution in [1.29, 1.82) is 0 Å². The number of benzene rings is 2. The zero-order chi connectivity index (χ0) is 17.1. The molecule has 1 aliphatic rings. The van der Waals surface area contributed by atoms with Crippen molar-refractivity contribution < 1.29 is 19.4 Å². The van der Waals surface area contributed by atoms with Gasteiger partial charge in [0.05, 0.1) is 25.0 Å². The van der Waals surface area contributed by atoms with Crippen LogP contribution in [0, 0.1) is 0 Å². The number of Topliss-reactive ketones (excluding diaryl/α,β-unsaturated/α-hetero) is 1. The van der Waals surface area contributed by atoms with Gasteiger partial charge in [-0.3, -0.25) is 9.79 Å². The highest BCUT2D eigenvalue weighted by atomic mass is 79.9. The Labute approximate surface area is 148 Å². The molecule has 2 aromatic carbocycles. The maximum absolute atomic E-state index is 12.1. The number of rotatable bonds is 3. The number of carbonyl (C=O) groups excluding carboxylic acids is 1. The molecule has 0 bridgehead atoms. The van der Waals surface area contributed by atoms with Gasteiger partial charge in [0.1, 0.15) is 5.75 Å². The highest BCUT2D eigenvalue weighted by Crippen LogP contribution is 2.33. The molecule has 0 saturated heterocycles. The first-order valence-corrected chi connectivity index (χ1v) is 8.28. The molecule has 0 aromatic heterocycles. The van der Waals surface area contributed by atoms with Crippen LogP contribution in [-0.4, -0.2) is 30.8 Å². The first kappa shape index (κ1) is 16.5. The Kier molecular flexibility index (Phi) is 4.85. The van der Waals surface area contributed by atoms with E-state index in [2.05, 4.69) is 20.9 Å². The van der Waals surface area contributed by atoms with Gasteiger partial charge in [-0.05, 0) is 36.8 Å². The van der Waals surface area contributed by atoms with Crippen molar-refractivity contribution in [3.8, 4) is 17.2 Å². The fourth-order valence-corrected chi connectivity index (χ4v) is 2.94. The van der Waals surface area contributed by atoms with Crippen LogP contribution in [0.4, 0.5) is 5.69 Å². The van der Waals surface area contributed by atoms with Gasteiger partial charge in [0.25, 0.3) is 0 Å². The number of fused-ring (bicyclic) bond motifs is 1. The van der Waals surface area contributed by atoms with E-state index >= 15 is 0 Å². The number of carbonyl (C=O) groups is 1. The minimum absolute atomic E-state index is 0.0126. The molecule has 0 atom stereocenters. The molecule has 1 aliphatic heterocycles. The molecule has 24 heavy (non-hydrogen) atoms. The molecule has 6 heteroatoms. The van der Waals surface area contributed by atoms with E-state index in [0.29, 0.717) is 41.3 Å². The number of phenolic OH excluding ortho intramolecular Hbond substituents is 1. The molecule has 5 nitrogen and oxygen atoms in total. The molecule has 0 amide bonds. The fourth-order valence-electron chi connectivity index (χ4n) is 2.48.